The van der Waals surface area contributed by atoms with Gasteiger partial charge in [0.25, 0.3) is 0 Å². The van der Waals surface area contributed by atoms with Gasteiger partial charge in [-0.05, 0) is 64.9 Å². The smallest absolute Gasteiger partial charge is 0.325 e. The lowest BCUT2D eigenvalue weighted by molar-refractivity contribution is -0.140. The number of nitrogens with one attached hydrogen (secondary N) is 1. The van der Waals surface area contributed by atoms with Gasteiger partial charge in [0, 0.05) is 10.4 Å². The van der Waals surface area contributed by atoms with Gasteiger partial charge in [-0.1, -0.05) is 58.4 Å². The average molecular weight is 484 g/mol. The highest BCUT2D eigenvalue weighted by Crippen LogP contribution is 2.52. The maximum Gasteiger partial charge on any atom is 0.325 e. The van der Waals surface area contributed by atoms with Crippen molar-refractivity contribution >= 4 is 31.9 Å². The zero-order valence-electron chi connectivity index (χ0n) is 15.8. The minimum absolute atomic E-state index is 0.0902. The largest absolute Gasteiger partial charge is 0.480 e. The van der Waals surface area contributed by atoms with E-state index in [2.05, 4.69) is 20.7 Å². The van der Waals surface area contributed by atoms with E-state index in [1.165, 1.54) is 0 Å². The molecule has 0 aromatic heterocycles. The number of halogens is 1. The third kappa shape index (κ3) is 3.09. The van der Waals surface area contributed by atoms with Crippen LogP contribution in [0, 0.1) is 0 Å². The van der Waals surface area contributed by atoms with Crippen LogP contribution in [0.5, 0.6) is 0 Å². The van der Waals surface area contributed by atoms with Crippen LogP contribution in [-0.4, -0.2) is 25.0 Å². The lowest BCUT2D eigenvalue weighted by atomic mass is 10.1. The fourth-order valence-electron chi connectivity index (χ4n) is 4.37. The highest BCUT2D eigenvalue weighted by Gasteiger charge is 2.63. The first-order valence-electron chi connectivity index (χ1n) is 9.54. The molecule has 0 aliphatic heterocycles. The number of rotatable bonds is 5. The molecule has 0 amide bonds. The van der Waals surface area contributed by atoms with Crippen LogP contribution in [0.2, 0.25) is 0 Å². The molecule has 0 unspecified atom stereocenters. The van der Waals surface area contributed by atoms with Gasteiger partial charge in [0.05, 0.1) is 4.90 Å². The second kappa shape index (κ2) is 6.77. The molecule has 5 nitrogen and oxygen atoms in total. The van der Waals surface area contributed by atoms with Gasteiger partial charge >= 0.3 is 5.97 Å². The van der Waals surface area contributed by atoms with Gasteiger partial charge in [0.15, 0.2) is 0 Å². The van der Waals surface area contributed by atoms with Crippen molar-refractivity contribution in [1.82, 2.24) is 4.72 Å². The molecule has 2 aliphatic carbocycles. The molecule has 152 valence electrons. The number of fused-ring (bicyclic) bond motifs is 3. The third-order valence-electron chi connectivity index (χ3n) is 5.99. The van der Waals surface area contributed by atoms with Crippen molar-refractivity contribution in [3.63, 3.8) is 0 Å². The van der Waals surface area contributed by atoms with Crippen molar-refractivity contribution < 1.29 is 18.3 Å². The van der Waals surface area contributed by atoms with E-state index in [1.807, 2.05) is 48.5 Å². The molecule has 0 bridgehead atoms. The Morgan fingerprint density at radius 1 is 1.00 bits per heavy atom. The van der Waals surface area contributed by atoms with Gasteiger partial charge in [-0.3, -0.25) is 4.79 Å². The summed E-state index contributed by atoms with van der Waals surface area (Å²) in [6.45, 7) is 0. The van der Waals surface area contributed by atoms with Crippen LogP contribution in [0.25, 0.3) is 11.1 Å². The van der Waals surface area contributed by atoms with Crippen LogP contribution < -0.4 is 4.72 Å². The van der Waals surface area contributed by atoms with E-state index in [1.54, 1.807) is 18.2 Å². The van der Waals surface area contributed by atoms with E-state index >= 15 is 0 Å². The SMILES string of the molecule is O=C(O)[C@]1(NS(=O)(=O)c2ccc3c(c2)Cc2cc(Br)ccc2-3)C[C@H]1c1ccccc1. The molecule has 30 heavy (non-hydrogen) atoms. The molecule has 2 aliphatic rings. The Morgan fingerprint density at radius 3 is 2.37 bits per heavy atom. The van der Waals surface area contributed by atoms with Crippen molar-refractivity contribution in [2.75, 3.05) is 0 Å². The van der Waals surface area contributed by atoms with Crippen molar-refractivity contribution in [2.24, 2.45) is 0 Å². The van der Waals surface area contributed by atoms with Crippen LogP contribution in [0.1, 0.15) is 29.0 Å². The van der Waals surface area contributed by atoms with Crippen LogP contribution in [0.3, 0.4) is 0 Å². The molecule has 5 rings (SSSR count). The molecule has 3 aromatic rings. The zero-order chi connectivity index (χ0) is 21.1. The highest BCUT2D eigenvalue weighted by molar-refractivity contribution is 9.10. The summed E-state index contributed by atoms with van der Waals surface area (Å²) in [6, 6.07) is 20.2. The molecule has 2 atom stereocenters. The van der Waals surface area contributed by atoms with Gasteiger partial charge in [-0.25, -0.2) is 8.42 Å². The van der Waals surface area contributed by atoms with E-state index in [-0.39, 0.29) is 17.2 Å². The van der Waals surface area contributed by atoms with Crippen LogP contribution in [0.4, 0.5) is 0 Å². The van der Waals surface area contributed by atoms with E-state index in [0.29, 0.717) is 6.42 Å². The molecule has 7 heteroatoms. The number of carbonyl (C=O) groups is 1. The third-order valence-corrected chi connectivity index (χ3v) is 7.99. The number of sulfonamides is 1. The standard InChI is InChI=1S/C23H18BrNO4S/c24-17-6-8-19-15(11-17)10-16-12-18(7-9-20(16)19)30(28,29)25-23(22(26)27)13-21(23)14-4-2-1-3-5-14/h1-9,11-12,21,25H,10,13H2,(H,26,27)/t21-,23-/m0/s1. The van der Waals surface area contributed by atoms with Gasteiger partial charge in [0.1, 0.15) is 5.54 Å². The molecule has 0 radical (unpaired) electrons. The first kappa shape index (κ1) is 19.5. The molecule has 3 aromatic carbocycles. The number of hydrogen-bond acceptors (Lipinski definition) is 3. The Balaban J connectivity index is 1.46. The summed E-state index contributed by atoms with van der Waals surface area (Å²) < 4.78 is 29.7. The number of benzene rings is 3. The van der Waals surface area contributed by atoms with Crippen LogP contribution in [-0.2, 0) is 21.2 Å². The Labute approximate surface area is 182 Å². The second-order valence-corrected chi connectivity index (χ2v) is 10.4. The van der Waals surface area contributed by atoms with Gasteiger partial charge in [0.2, 0.25) is 10.0 Å². The fraction of sp³-hybridized carbons (Fsp3) is 0.174. The summed E-state index contributed by atoms with van der Waals surface area (Å²) in [5.41, 5.74) is 3.47. The summed E-state index contributed by atoms with van der Waals surface area (Å²) in [5, 5.41) is 9.81. The monoisotopic (exact) mass is 483 g/mol. The lowest BCUT2D eigenvalue weighted by Gasteiger charge is -2.16. The Morgan fingerprint density at radius 2 is 1.67 bits per heavy atom. The normalized spacial score (nSPS) is 21.7. The predicted molar refractivity (Wildman–Crippen MR) is 117 cm³/mol. The maximum absolute atomic E-state index is 13.1. The number of aliphatic carboxylic acids is 1. The Bertz CT molecular complexity index is 1290. The molecular formula is C23H18BrNO4S. The first-order valence-corrected chi connectivity index (χ1v) is 11.8. The minimum atomic E-state index is -4.00. The predicted octanol–water partition coefficient (Wildman–Crippen LogP) is 4.31. The van der Waals surface area contributed by atoms with Crippen molar-refractivity contribution in [1.29, 1.82) is 0 Å². The Kier molecular flexibility index (Phi) is 4.39. The maximum atomic E-state index is 13.1. The molecule has 0 spiro atoms. The second-order valence-electron chi connectivity index (χ2n) is 7.85. The molecular weight excluding hydrogens is 466 g/mol. The van der Waals surface area contributed by atoms with Gasteiger partial charge < -0.3 is 5.11 Å². The van der Waals surface area contributed by atoms with Crippen LogP contribution in [0.15, 0.2) is 76.1 Å². The van der Waals surface area contributed by atoms with Gasteiger partial charge in [-0.2, -0.15) is 4.72 Å². The fourth-order valence-corrected chi connectivity index (χ4v) is 6.23. The average Bonchev–Trinajstić information content (AvgIpc) is 3.33. The summed E-state index contributed by atoms with van der Waals surface area (Å²) in [4.78, 5) is 12.1. The first-order chi connectivity index (χ1) is 14.3. The number of hydrogen-bond donors (Lipinski definition) is 2. The van der Waals surface area contributed by atoms with E-state index in [0.717, 1.165) is 32.3 Å². The summed E-state index contributed by atoms with van der Waals surface area (Å²) >= 11 is 3.47. The summed E-state index contributed by atoms with van der Waals surface area (Å²) in [6.07, 6.45) is 0.875. The number of carboxylic acids is 1. The molecule has 2 N–H and O–H groups in total. The molecule has 0 heterocycles. The molecule has 1 fully saturated rings. The molecule has 0 saturated heterocycles. The lowest BCUT2D eigenvalue weighted by Crippen LogP contribution is -2.44. The highest BCUT2D eigenvalue weighted by atomic mass is 79.9. The van der Waals surface area contributed by atoms with Gasteiger partial charge in [-0.15, -0.1) is 0 Å². The van der Waals surface area contributed by atoms with Crippen molar-refractivity contribution in [3.05, 3.63) is 87.9 Å². The van der Waals surface area contributed by atoms with E-state index in [9.17, 15) is 18.3 Å². The Hall–Kier alpha value is -2.48. The summed E-state index contributed by atoms with van der Waals surface area (Å²) in [7, 11) is -4.00. The number of carboxylic acid groups (broad SMARTS) is 1. The topological polar surface area (TPSA) is 83.5 Å². The van der Waals surface area contributed by atoms with Crippen LogP contribution >= 0.6 is 15.9 Å². The quantitative estimate of drug-likeness (QED) is 0.442. The van der Waals surface area contributed by atoms with Crippen molar-refractivity contribution in [3.8, 4) is 11.1 Å². The molecule has 1 saturated carbocycles. The minimum Gasteiger partial charge on any atom is -0.480 e. The van der Waals surface area contributed by atoms with E-state index < -0.39 is 21.5 Å². The van der Waals surface area contributed by atoms with E-state index in [4.69, 9.17) is 0 Å². The zero-order valence-corrected chi connectivity index (χ0v) is 18.2. The summed E-state index contributed by atoms with van der Waals surface area (Å²) in [5.74, 6) is -1.54. The van der Waals surface area contributed by atoms with Crippen molar-refractivity contribution in [2.45, 2.75) is 29.2 Å².